The van der Waals surface area contributed by atoms with Crippen LogP contribution in [0.15, 0.2) is 12.3 Å². The van der Waals surface area contributed by atoms with Gasteiger partial charge in [0.05, 0.1) is 0 Å². The number of hydrogen-bond acceptors (Lipinski definition) is 6. The second-order valence-corrected chi connectivity index (χ2v) is 3.54. The first-order valence-electron chi connectivity index (χ1n) is 5.01. The first kappa shape index (κ1) is 12.2. The largest absolute Gasteiger partial charge is 0.357 e. The molecule has 8 nitrogen and oxygen atoms in total. The van der Waals surface area contributed by atoms with Crippen LogP contribution in [0.1, 0.15) is 10.5 Å². The van der Waals surface area contributed by atoms with Gasteiger partial charge in [-0.25, -0.2) is 4.68 Å². The van der Waals surface area contributed by atoms with E-state index in [1.165, 1.54) is 11.7 Å². The maximum Gasteiger partial charge on any atom is 0.271 e. The summed E-state index contributed by atoms with van der Waals surface area (Å²) < 4.78 is 1.35. The molecule has 0 saturated heterocycles. The molecular formula is C9H10ClN7O. The molecule has 0 aromatic carbocycles. The Bertz CT molecular complexity index is 582. The van der Waals surface area contributed by atoms with Crippen LogP contribution in [-0.4, -0.2) is 44.7 Å². The number of carbonyl (C=O) groups is 1. The van der Waals surface area contributed by atoms with Crippen LogP contribution in [0.3, 0.4) is 0 Å². The summed E-state index contributed by atoms with van der Waals surface area (Å²) in [4.78, 5) is 23.2. The first-order valence-corrected chi connectivity index (χ1v) is 5.39. The van der Waals surface area contributed by atoms with E-state index in [1.807, 2.05) is 0 Å². The highest BCUT2D eigenvalue weighted by atomic mass is 35.5. The van der Waals surface area contributed by atoms with Gasteiger partial charge in [-0.2, -0.15) is 20.1 Å². The van der Waals surface area contributed by atoms with Crippen molar-refractivity contribution in [1.82, 2.24) is 30.0 Å². The number of hydrogen-bond donors (Lipinski definition) is 2. The summed E-state index contributed by atoms with van der Waals surface area (Å²) >= 11 is 5.75. The second-order valence-electron chi connectivity index (χ2n) is 3.20. The van der Waals surface area contributed by atoms with E-state index in [0.717, 1.165) is 0 Å². The van der Waals surface area contributed by atoms with E-state index in [-0.39, 0.29) is 22.8 Å². The van der Waals surface area contributed by atoms with Crippen LogP contribution in [0.4, 0.5) is 5.95 Å². The normalized spacial score (nSPS) is 10.2. The van der Waals surface area contributed by atoms with E-state index in [0.29, 0.717) is 5.95 Å². The summed E-state index contributed by atoms with van der Waals surface area (Å²) in [5, 5.41) is 9.30. The molecular weight excluding hydrogens is 258 g/mol. The Morgan fingerprint density at radius 3 is 2.78 bits per heavy atom. The standard InChI is InChI=1S/C9H10ClN7O/c1-11-6(18)5-3-4-17(16-5)9-14-7(10)13-8(12-2)15-9/h3-4H,1-2H3,(H,11,18)(H,12,13,14,15). The van der Waals surface area contributed by atoms with E-state index < -0.39 is 0 Å². The van der Waals surface area contributed by atoms with Gasteiger partial charge in [0.25, 0.3) is 11.9 Å². The van der Waals surface area contributed by atoms with E-state index in [2.05, 4.69) is 30.7 Å². The van der Waals surface area contributed by atoms with Crippen LogP contribution in [-0.2, 0) is 0 Å². The average molecular weight is 268 g/mol. The molecule has 0 radical (unpaired) electrons. The Kier molecular flexibility index (Phi) is 3.38. The summed E-state index contributed by atoms with van der Waals surface area (Å²) in [5.74, 6) is 0.263. The van der Waals surface area contributed by atoms with Crippen molar-refractivity contribution in [2.75, 3.05) is 19.4 Å². The van der Waals surface area contributed by atoms with Crippen molar-refractivity contribution < 1.29 is 4.79 Å². The fourth-order valence-corrected chi connectivity index (χ4v) is 1.39. The van der Waals surface area contributed by atoms with Gasteiger partial charge in [-0.3, -0.25) is 4.79 Å². The van der Waals surface area contributed by atoms with Gasteiger partial charge >= 0.3 is 0 Å². The molecule has 94 valence electrons. The SMILES string of the molecule is CNC(=O)c1ccn(-c2nc(Cl)nc(NC)n2)n1. The van der Waals surface area contributed by atoms with Crippen molar-refractivity contribution in [3.63, 3.8) is 0 Å². The number of carbonyl (C=O) groups excluding carboxylic acids is 1. The number of amides is 1. The molecule has 9 heteroatoms. The van der Waals surface area contributed by atoms with Crippen molar-refractivity contribution in [3.05, 3.63) is 23.2 Å². The zero-order valence-electron chi connectivity index (χ0n) is 9.68. The van der Waals surface area contributed by atoms with Gasteiger partial charge in [0.2, 0.25) is 11.2 Å². The number of nitrogens with zero attached hydrogens (tertiary/aromatic N) is 5. The van der Waals surface area contributed by atoms with Gasteiger partial charge in [0, 0.05) is 20.3 Å². The topological polar surface area (TPSA) is 97.6 Å². The van der Waals surface area contributed by atoms with E-state index >= 15 is 0 Å². The smallest absolute Gasteiger partial charge is 0.271 e. The van der Waals surface area contributed by atoms with Crippen molar-refractivity contribution >= 4 is 23.5 Å². The van der Waals surface area contributed by atoms with Gasteiger partial charge in [0.15, 0.2) is 5.69 Å². The van der Waals surface area contributed by atoms with Crippen LogP contribution in [0.2, 0.25) is 5.28 Å². The van der Waals surface area contributed by atoms with Gasteiger partial charge < -0.3 is 10.6 Å². The van der Waals surface area contributed by atoms with Crippen molar-refractivity contribution in [1.29, 1.82) is 0 Å². The zero-order valence-corrected chi connectivity index (χ0v) is 10.4. The van der Waals surface area contributed by atoms with E-state index in [4.69, 9.17) is 11.6 Å². The molecule has 2 heterocycles. The molecule has 0 fully saturated rings. The highest BCUT2D eigenvalue weighted by Gasteiger charge is 2.11. The lowest BCUT2D eigenvalue weighted by atomic mass is 10.4. The van der Waals surface area contributed by atoms with Gasteiger partial charge in [-0.05, 0) is 17.7 Å². The molecule has 2 aromatic heterocycles. The Morgan fingerprint density at radius 1 is 1.33 bits per heavy atom. The maximum atomic E-state index is 11.4. The van der Waals surface area contributed by atoms with Gasteiger partial charge in [0.1, 0.15) is 0 Å². The lowest BCUT2D eigenvalue weighted by Gasteiger charge is -2.02. The fourth-order valence-electron chi connectivity index (χ4n) is 1.24. The fraction of sp³-hybridized carbons (Fsp3) is 0.222. The van der Waals surface area contributed by atoms with Crippen molar-refractivity contribution in [3.8, 4) is 5.95 Å². The Hall–Kier alpha value is -2.22. The van der Waals surface area contributed by atoms with Crippen LogP contribution in [0.25, 0.3) is 5.95 Å². The van der Waals surface area contributed by atoms with Crippen LogP contribution < -0.4 is 10.6 Å². The minimum atomic E-state index is -0.289. The van der Waals surface area contributed by atoms with E-state index in [1.54, 1.807) is 19.3 Å². The first-order chi connectivity index (χ1) is 8.63. The van der Waals surface area contributed by atoms with Crippen molar-refractivity contribution in [2.45, 2.75) is 0 Å². The number of aromatic nitrogens is 5. The molecule has 2 N–H and O–H groups in total. The molecule has 2 aromatic rings. The molecule has 0 saturated carbocycles. The Morgan fingerprint density at radius 2 is 2.11 bits per heavy atom. The van der Waals surface area contributed by atoms with Gasteiger partial charge in [-0.1, -0.05) is 0 Å². The number of nitrogens with one attached hydrogen (secondary N) is 2. The summed E-state index contributed by atoms with van der Waals surface area (Å²) in [7, 11) is 3.19. The predicted octanol–water partition coefficient (Wildman–Crippen LogP) is 0.112. The third kappa shape index (κ3) is 2.38. The number of rotatable bonds is 3. The molecule has 0 aliphatic carbocycles. The molecule has 1 amide bonds. The van der Waals surface area contributed by atoms with Crippen LogP contribution >= 0.6 is 11.6 Å². The summed E-state index contributed by atoms with van der Waals surface area (Å²) in [5.41, 5.74) is 0.264. The molecule has 0 spiro atoms. The average Bonchev–Trinajstić information content (AvgIpc) is 2.86. The number of anilines is 1. The third-order valence-electron chi connectivity index (χ3n) is 2.07. The molecule has 0 atom stereocenters. The number of halogens is 1. The highest BCUT2D eigenvalue weighted by Crippen LogP contribution is 2.09. The minimum absolute atomic E-state index is 0.0429. The van der Waals surface area contributed by atoms with Gasteiger partial charge in [-0.15, -0.1) is 0 Å². The van der Waals surface area contributed by atoms with Crippen LogP contribution in [0.5, 0.6) is 0 Å². The second kappa shape index (κ2) is 4.96. The lowest BCUT2D eigenvalue weighted by molar-refractivity contribution is 0.0957. The quantitative estimate of drug-likeness (QED) is 0.819. The molecule has 0 aliphatic rings. The zero-order chi connectivity index (χ0) is 13.1. The monoisotopic (exact) mass is 267 g/mol. The molecule has 18 heavy (non-hydrogen) atoms. The summed E-state index contributed by atoms with van der Waals surface area (Å²) in [6.45, 7) is 0. The Balaban J connectivity index is 2.39. The highest BCUT2D eigenvalue weighted by molar-refractivity contribution is 6.28. The minimum Gasteiger partial charge on any atom is -0.357 e. The lowest BCUT2D eigenvalue weighted by Crippen LogP contribution is -2.18. The summed E-state index contributed by atoms with van der Waals surface area (Å²) in [6.07, 6.45) is 1.57. The molecule has 0 bridgehead atoms. The molecule has 2 rings (SSSR count). The Labute approximate surface area is 107 Å². The maximum absolute atomic E-state index is 11.4. The van der Waals surface area contributed by atoms with Crippen molar-refractivity contribution in [2.24, 2.45) is 0 Å². The molecule has 0 aliphatic heterocycles. The van der Waals surface area contributed by atoms with E-state index in [9.17, 15) is 4.79 Å². The molecule has 0 unspecified atom stereocenters. The van der Waals surface area contributed by atoms with Crippen LogP contribution in [0, 0.1) is 0 Å². The summed E-state index contributed by atoms with van der Waals surface area (Å²) in [6, 6.07) is 1.55. The predicted molar refractivity (Wildman–Crippen MR) is 64.9 cm³/mol. The third-order valence-corrected chi connectivity index (χ3v) is 2.24.